The van der Waals surface area contributed by atoms with Crippen LogP contribution in [0.2, 0.25) is 5.02 Å². The van der Waals surface area contributed by atoms with Gasteiger partial charge in [-0.2, -0.15) is 0 Å². The Morgan fingerprint density at radius 3 is 2.33 bits per heavy atom. The van der Waals surface area contributed by atoms with Crippen molar-refractivity contribution in [1.29, 1.82) is 0 Å². The highest BCUT2D eigenvalue weighted by molar-refractivity contribution is 7.92. The van der Waals surface area contributed by atoms with Crippen LogP contribution in [0.1, 0.15) is 11.1 Å². The zero-order valence-corrected chi connectivity index (χ0v) is 15.3. The summed E-state index contributed by atoms with van der Waals surface area (Å²) < 4.78 is 24.2. The molecule has 2 aromatic rings. The molecule has 0 atom stereocenters. The standard InChI is InChI=1S/C17H19ClN2O3S/c1-12-10-14(18)6-9-16(12)19-17(21)11-13-4-7-15(8-5-13)20(2)24(3,22)23/h4-10H,11H2,1-3H3,(H,19,21). The van der Waals surface area contributed by atoms with Crippen LogP contribution in [0.25, 0.3) is 0 Å². The average molecular weight is 367 g/mol. The van der Waals surface area contributed by atoms with Gasteiger partial charge in [-0.25, -0.2) is 8.42 Å². The van der Waals surface area contributed by atoms with E-state index in [1.165, 1.54) is 11.4 Å². The smallest absolute Gasteiger partial charge is 0.231 e. The number of anilines is 2. The van der Waals surface area contributed by atoms with E-state index < -0.39 is 10.0 Å². The van der Waals surface area contributed by atoms with Crippen LogP contribution in [-0.4, -0.2) is 27.6 Å². The molecule has 7 heteroatoms. The summed E-state index contributed by atoms with van der Waals surface area (Å²) in [7, 11) is -1.81. The lowest BCUT2D eigenvalue weighted by molar-refractivity contribution is -0.115. The van der Waals surface area contributed by atoms with Crippen LogP contribution in [0.4, 0.5) is 11.4 Å². The summed E-state index contributed by atoms with van der Waals surface area (Å²) in [5.41, 5.74) is 2.96. The summed E-state index contributed by atoms with van der Waals surface area (Å²) in [5, 5.41) is 3.47. The number of hydrogen-bond acceptors (Lipinski definition) is 3. The van der Waals surface area contributed by atoms with Gasteiger partial charge in [-0.15, -0.1) is 0 Å². The molecule has 0 saturated carbocycles. The van der Waals surface area contributed by atoms with Crippen molar-refractivity contribution in [3.05, 3.63) is 58.6 Å². The number of carbonyl (C=O) groups excluding carboxylic acids is 1. The molecular weight excluding hydrogens is 348 g/mol. The summed E-state index contributed by atoms with van der Waals surface area (Å²) in [5.74, 6) is -0.148. The van der Waals surface area contributed by atoms with Gasteiger partial charge in [-0.3, -0.25) is 9.10 Å². The molecule has 128 valence electrons. The zero-order chi connectivity index (χ0) is 17.9. The van der Waals surface area contributed by atoms with E-state index in [0.29, 0.717) is 10.7 Å². The summed E-state index contributed by atoms with van der Waals surface area (Å²) in [4.78, 5) is 12.1. The van der Waals surface area contributed by atoms with Gasteiger partial charge in [0.15, 0.2) is 0 Å². The zero-order valence-electron chi connectivity index (χ0n) is 13.7. The minimum atomic E-state index is -3.30. The molecule has 0 spiro atoms. The van der Waals surface area contributed by atoms with Crippen LogP contribution in [0.3, 0.4) is 0 Å². The van der Waals surface area contributed by atoms with Crippen molar-refractivity contribution in [3.63, 3.8) is 0 Å². The first kappa shape index (κ1) is 18.3. The largest absolute Gasteiger partial charge is 0.326 e. The van der Waals surface area contributed by atoms with E-state index in [2.05, 4.69) is 5.32 Å². The third-order valence-electron chi connectivity index (χ3n) is 3.62. The van der Waals surface area contributed by atoms with E-state index in [-0.39, 0.29) is 12.3 Å². The fourth-order valence-electron chi connectivity index (χ4n) is 2.16. The quantitative estimate of drug-likeness (QED) is 0.883. The Labute approximate surface area is 147 Å². The fraction of sp³-hybridized carbons (Fsp3) is 0.235. The molecule has 0 bridgehead atoms. The van der Waals surface area contributed by atoms with Crippen LogP contribution in [0.15, 0.2) is 42.5 Å². The topological polar surface area (TPSA) is 66.5 Å². The maximum absolute atomic E-state index is 12.1. The summed E-state index contributed by atoms with van der Waals surface area (Å²) in [6.07, 6.45) is 1.34. The normalized spacial score (nSPS) is 11.2. The minimum Gasteiger partial charge on any atom is -0.326 e. The van der Waals surface area contributed by atoms with Crippen molar-refractivity contribution < 1.29 is 13.2 Å². The van der Waals surface area contributed by atoms with Crippen LogP contribution in [0.5, 0.6) is 0 Å². The van der Waals surface area contributed by atoms with Crippen LogP contribution < -0.4 is 9.62 Å². The molecule has 0 unspecified atom stereocenters. The Morgan fingerprint density at radius 2 is 1.79 bits per heavy atom. The number of hydrogen-bond donors (Lipinski definition) is 1. The molecule has 2 rings (SSSR count). The molecule has 5 nitrogen and oxygen atoms in total. The number of rotatable bonds is 5. The molecule has 0 aliphatic carbocycles. The second kappa shape index (κ2) is 7.23. The Hall–Kier alpha value is -2.05. The Bertz CT molecular complexity index is 849. The molecule has 0 heterocycles. The second-order valence-electron chi connectivity index (χ2n) is 5.58. The molecule has 1 N–H and O–H groups in total. The molecular formula is C17H19ClN2O3S. The van der Waals surface area contributed by atoms with Gasteiger partial charge in [-0.05, 0) is 48.4 Å². The van der Waals surface area contributed by atoms with Gasteiger partial charge in [0, 0.05) is 17.8 Å². The van der Waals surface area contributed by atoms with E-state index in [0.717, 1.165) is 23.1 Å². The molecule has 24 heavy (non-hydrogen) atoms. The lowest BCUT2D eigenvalue weighted by Gasteiger charge is -2.16. The summed E-state index contributed by atoms with van der Waals surface area (Å²) in [6.45, 7) is 1.87. The molecule has 0 aliphatic heterocycles. The minimum absolute atomic E-state index is 0.148. The van der Waals surface area contributed by atoms with Crippen molar-refractivity contribution in [2.24, 2.45) is 0 Å². The van der Waals surface area contributed by atoms with Crippen molar-refractivity contribution in [2.45, 2.75) is 13.3 Å². The Kier molecular flexibility index (Phi) is 5.51. The van der Waals surface area contributed by atoms with Gasteiger partial charge >= 0.3 is 0 Å². The van der Waals surface area contributed by atoms with Gasteiger partial charge in [0.2, 0.25) is 15.9 Å². The number of benzene rings is 2. The average Bonchev–Trinajstić information content (AvgIpc) is 2.49. The number of nitrogens with one attached hydrogen (secondary N) is 1. The lowest BCUT2D eigenvalue weighted by atomic mass is 10.1. The number of nitrogens with zero attached hydrogens (tertiary/aromatic N) is 1. The third-order valence-corrected chi connectivity index (χ3v) is 5.07. The SMILES string of the molecule is Cc1cc(Cl)ccc1NC(=O)Cc1ccc(N(C)S(C)(=O)=O)cc1. The lowest BCUT2D eigenvalue weighted by Crippen LogP contribution is -2.24. The second-order valence-corrected chi connectivity index (χ2v) is 8.03. The summed E-state index contributed by atoms with van der Waals surface area (Å²) in [6, 6.07) is 12.1. The van der Waals surface area contributed by atoms with Crippen LogP contribution in [-0.2, 0) is 21.2 Å². The van der Waals surface area contributed by atoms with E-state index >= 15 is 0 Å². The number of sulfonamides is 1. The van der Waals surface area contributed by atoms with E-state index in [1.54, 1.807) is 42.5 Å². The highest BCUT2D eigenvalue weighted by Crippen LogP contribution is 2.20. The molecule has 1 amide bonds. The fourth-order valence-corrected chi connectivity index (χ4v) is 2.89. The molecule has 0 radical (unpaired) electrons. The van der Waals surface area contributed by atoms with Gasteiger partial charge in [-0.1, -0.05) is 23.7 Å². The van der Waals surface area contributed by atoms with Crippen molar-refractivity contribution in [3.8, 4) is 0 Å². The van der Waals surface area contributed by atoms with Gasteiger partial charge < -0.3 is 5.32 Å². The maximum Gasteiger partial charge on any atom is 0.231 e. The molecule has 2 aromatic carbocycles. The summed E-state index contributed by atoms with van der Waals surface area (Å²) >= 11 is 5.90. The highest BCUT2D eigenvalue weighted by Gasteiger charge is 2.12. The first-order valence-electron chi connectivity index (χ1n) is 7.25. The van der Waals surface area contributed by atoms with Crippen LogP contribution in [0, 0.1) is 6.92 Å². The van der Waals surface area contributed by atoms with Gasteiger partial charge in [0.1, 0.15) is 0 Å². The number of carbonyl (C=O) groups is 1. The van der Waals surface area contributed by atoms with Crippen molar-refractivity contribution in [2.75, 3.05) is 22.9 Å². The van der Waals surface area contributed by atoms with E-state index in [1.807, 2.05) is 6.92 Å². The molecule has 0 aromatic heterocycles. The van der Waals surface area contributed by atoms with E-state index in [9.17, 15) is 13.2 Å². The maximum atomic E-state index is 12.1. The van der Waals surface area contributed by atoms with Crippen molar-refractivity contribution in [1.82, 2.24) is 0 Å². The van der Waals surface area contributed by atoms with Gasteiger partial charge in [0.05, 0.1) is 18.4 Å². The number of amides is 1. The molecule has 0 aliphatic rings. The number of halogens is 1. The monoisotopic (exact) mass is 366 g/mol. The molecule has 0 saturated heterocycles. The predicted molar refractivity (Wildman–Crippen MR) is 98.2 cm³/mol. The third kappa shape index (κ3) is 4.72. The van der Waals surface area contributed by atoms with Crippen LogP contribution >= 0.6 is 11.6 Å². The predicted octanol–water partition coefficient (Wildman–Crippen LogP) is 3.23. The number of aryl methyl sites for hydroxylation is 1. The first-order chi connectivity index (χ1) is 11.2. The Balaban J connectivity index is 2.04. The highest BCUT2D eigenvalue weighted by atomic mass is 35.5. The van der Waals surface area contributed by atoms with E-state index in [4.69, 9.17) is 11.6 Å². The van der Waals surface area contributed by atoms with Gasteiger partial charge in [0.25, 0.3) is 0 Å². The van der Waals surface area contributed by atoms with Crippen molar-refractivity contribution >= 4 is 38.9 Å². The molecule has 0 fully saturated rings. The first-order valence-corrected chi connectivity index (χ1v) is 9.48. The Morgan fingerprint density at radius 1 is 1.17 bits per heavy atom.